The predicted molar refractivity (Wildman–Crippen MR) is 42.5 cm³/mol. The van der Waals surface area contributed by atoms with Gasteiger partial charge < -0.3 is 4.74 Å². The maximum absolute atomic E-state index is 11.0. The molecule has 1 atom stereocenters. The molecule has 11 heavy (non-hydrogen) atoms. The lowest BCUT2D eigenvalue weighted by Crippen LogP contribution is -2.16. The van der Waals surface area contributed by atoms with Crippen molar-refractivity contribution in [2.75, 3.05) is 18.6 Å². The van der Waals surface area contributed by atoms with Gasteiger partial charge in [0, 0.05) is 11.7 Å². The van der Waals surface area contributed by atoms with Crippen LogP contribution < -0.4 is 0 Å². The van der Waals surface area contributed by atoms with Gasteiger partial charge in [0.15, 0.2) is 0 Å². The van der Waals surface area contributed by atoms with Crippen molar-refractivity contribution in [3.63, 3.8) is 0 Å². The number of ketones is 1. The molecule has 0 aromatic carbocycles. The first-order valence-corrected chi connectivity index (χ1v) is 4.56. The Kier molecular flexibility index (Phi) is 2.93. The van der Waals surface area contributed by atoms with E-state index in [1.54, 1.807) is 11.8 Å². The molecule has 0 N–H and O–H groups in total. The molecule has 1 rings (SSSR count). The monoisotopic (exact) mass is 174 g/mol. The highest BCUT2D eigenvalue weighted by Gasteiger charge is 2.27. The topological polar surface area (TPSA) is 43.4 Å². The maximum atomic E-state index is 11.0. The molecule has 0 aromatic rings. The molecule has 1 aliphatic rings. The van der Waals surface area contributed by atoms with Gasteiger partial charge in [-0.25, -0.2) is 0 Å². The predicted octanol–water partition coefficient (Wildman–Crippen LogP) is 0.482. The normalized spacial score (nSPS) is 23.7. The molecule has 4 heteroatoms. The molecule has 0 amide bonds. The number of ether oxygens (including phenoxy) is 1. The zero-order chi connectivity index (χ0) is 8.27. The van der Waals surface area contributed by atoms with Gasteiger partial charge in [-0.3, -0.25) is 9.59 Å². The molecule has 0 unspecified atom stereocenters. The molecular formula is C7H10O3S. The van der Waals surface area contributed by atoms with E-state index in [2.05, 4.69) is 4.74 Å². The van der Waals surface area contributed by atoms with E-state index in [1.165, 1.54) is 7.11 Å². The highest BCUT2D eigenvalue weighted by molar-refractivity contribution is 8.00. The van der Waals surface area contributed by atoms with Crippen LogP contribution >= 0.6 is 11.8 Å². The fraction of sp³-hybridized carbons (Fsp3) is 0.714. The first-order valence-electron chi connectivity index (χ1n) is 3.41. The molecule has 1 fully saturated rings. The molecule has 3 nitrogen and oxygen atoms in total. The minimum absolute atomic E-state index is 0.0903. The number of thioether (sulfide) groups is 1. The van der Waals surface area contributed by atoms with Crippen molar-refractivity contribution in [1.82, 2.24) is 0 Å². The van der Waals surface area contributed by atoms with Crippen LogP contribution in [0.15, 0.2) is 0 Å². The third kappa shape index (κ3) is 2.22. The maximum Gasteiger partial charge on any atom is 0.306 e. The summed E-state index contributed by atoms with van der Waals surface area (Å²) in [6.45, 7) is 0. The average molecular weight is 174 g/mol. The van der Waals surface area contributed by atoms with E-state index in [0.717, 1.165) is 5.75 Å². The minimum Gasteiger partial charge on any atom is -0.469 e. The van der Waals surface area contributed by atoms with Crippen LogP contribution in [-0.2, 0) is 14.3 Å². The summed E-state index contributed by atoms with van der Waals surface area (Å²) in [6, 6.07) is 0. The largest absolute Gasteiger partial charge is 0.469 e. The summed E-state index contributed by atoms with van der Waals surface area (Å²) in [4.78, 5) is 21.7. The van der Waals surface area contributed by atoms with E-state index in [-0.39, 0.29) is 24.1 Å². The Bertz CT molecular complexity index is 179. The zero-order valence-corrected chi connectivity index (χ0v) is 7.15. The Hall–Kier alpha value is -0.510. The van der Waals surface area contributed by atoms with Crippen molar-refractivity contribution in [1.29, 1.82) is 0 Å². The van der Waals surface area contributed by atoms with Crippen molar-refractivity contribution in [3.05, 3.63) is 0 Å². The third-order valence-electron chi connectivity index (χ3n) is 1.66. The van der Waals surface area contributed by atoms with Gasteiger partial charge in [0.1, 0.15) is 5.78 Å². The molecule has 62 valence electrons. The van der Waals surface area contributed by atoms with E-state index in [9.17, 15) is 9.59 Å². The standard InChI is InChI=1S/C7H10O3S/c1-10-7(9)2-5-3-11-4-6(5)8/h5H,2-4H2,1H3/t5-/m0/s1. The van der Waals surface area contributed by atoms with Gasteiger partial charge in [-0.15, -0.1) is 0 Å². The molecule has 0 aliphatic carbocycles. The third-order valence-corrected chi connectivity index (χ3v) is 2.79. The van der Waals surface area contributed by atoms with E-state index in [1.807, 2.05) is 0 Å². The van der Waals surface area contributed by atoms with Gasteiger partial charge in [-0.05, 0) is 0 Å². The molecule has 0 saturated carbocycles. The van der Waals surface area contributed by atoms with Gasteiger partial charge in [0.25, 0.3) is 0 Å². The van der Waals surface area contributed by atoms with E-state index < -0.39 is 0 Å². The number of carbonyl (C=O) groups excluding carboxylic acids is 2. The highest BCUT2D eigenvalue weighted by atomic mass is 32.2. The summed E-state index contributed by atoms with van der Waals surface area (Å²) < 4.78 is 4.46. The van der Waals surface area contributed by atoms with Gasteiger partial charge in [-0.1, -0.05) is 0 Å². The molecule has 1 aliphatic heterocycles. The van der Waals surface area contributed by atoms with Crippen LogP contribution in [0.2, 0.25) is 0 Å². The second kappa shape index (κ2) is 3.76. The lowest BCUT2D eigenvalue weighted by molar-refractivity contribution is -0.143. The summed E-state index contributed by atoms with van der Waals surface area (Å²) in [5.41, 5.74) is 0. The first-order chi connectivity index (χ1) is 5.24. The van der Waals surface area contributed by atoms with Crippen LogP contribution in [-0.4, -0.2) is 30.4 Å². The van der Waals surface area contributed by atoms with Crippen molar-refractivity contribution < 1.29 is 14.3 Å². The van der Waals surface area contributed by atoms with Gasteiger partial charge in [0.2, 0.25) is 0 Å². The first kappa shape index (κ1) is 8.59. The number of esters is 1. The number of hydrogen-bond acceptors (Lipinski definition) is 4. The van der Waals surface area contributed by atoms with Gasteiger partial charge in [-0.2, -0.15) is 11.8 Å². The van der Waals surface area contributed by atoms with Gasteiger partial charge >= 0.3 is 5.97 Å². The second-order valence-electron chi connectivity index (χ2n) is 2.46. The number of Topliss-reactive ketones (excluding diaryl/α,β-unsaturated/α-hetero) is 1. The number of rotatable bonds is 2. The number of hydrogen-bond donors (Lipinski definition) is 0. The Morgan fingerprint density at radius 1 is 1.82 bits per heavy atom. The fourth-order valence-electron chi connectivity index (χ4n) is 0.970. The zero-order valence-electron chi connectivity index (χ0n) is 6.33. The van der Waals surface area contributed by atoms with Crippen LogP contribution in [0.5, 0.6) is 0 Å². The van der Waals surface area contributed by atoms with Crippen LogP contribution in [0.4, 0.5) is 0 Å². The molecule has 1 saturated heterocycles. The lowest BCUT2D eigenvalue weighted by atomic mass is 10.0. The van der Waals surface area contributed by atoms with Crippen molar-refractivity contribution in [2.45, 2.75) is 6.42 Å². The Balaban J connectivity index is 2.36. The fourth-order valence-corrected chi connectivity index (χ4v) is 2.11. The van der Waals surface area contributed by atoms with Crippen LogP contribution in [0.3, 0.4) is 0 Å². The molecule has 0 bridgehead atoms. The summed E-state index contributed by atoms with van der Waals surface area (Å²) in [5.74, 6) is 1.13. The number of methoxy groups -OCH3 is 1. The Morgan fingerprint density at radius 3 is 3.00 bits per heavy atom. The van der Waals surface area contributed by atoms with Crippen molar-refractivity contribution >= 4 is 23.5 Å². The van der Waals surface area contributed by atoms with Crippen LogP contribution in [0.25, 0.3) is 0 Å². The van der Waals surface area contributed by atoms with Crippen molar-refractivity contribution in [3.8, 4) is 0 Å². The number of carbonyl (C=O) groups is 2. The van der Waals surface area contributed by atoms with Gasteiger partial charge in [0.05, 0.1) is 19.3 Å². The smallest absolute Gasteiger partial charge is 0.306 e. The second-order valence-corrected chi connectivity index (χ2v) is 3.49. The summed E-state index contributed by atoms with van der Waals surface area (Å²) in [5, 5.41) is 0. The summed E-state index contributed by atoms with van der Waals surface area (Å²) >= 11 is 1.59. The molecular weight excluding hydrogens is 164 g/mol. The van der Waals surface area contributed by atoms with Crippen molar-refractivity contribution in [2.24, 2.45) is 5.92 Å². The Labute approximate surface area is 69.5 Å². The lowest BCUT2D eigenvalue weighted by Gasteiger charge is -2.03. The quantitative estimate of drug-likeness (QED) is 0.571. The average Bonchev–Trinajstić information content (AvgIpc) is 2.37. The summed E-state index contributed by atoms with van der Waals surface area (Å²) in [7, 11) is 1.34. The molecule has 0 spiro atoms. The van der Waals surface area contributed by atoms with Crippen LogP contribution in [0.1, 0.15) is 6.42 Å². The molecule has 1 heterocycles. The van der Waals surface area contributed by atoms with E-state index in [0.29, 0.717) is 5.75 Å². The molecule has 0 aromatic heterocycles. The SMILES string of the molecule is COC(=O)C[C@H]1CSCC1=O. The van der Waals surface area contributed by atoms with Crippen LogP contribution in [0, 0.1) is 5.92 Å². The highest BCUT2D eigenvalue weighted by Crippen LogP contribution is 2.22. The molecule has 0 radical (unpaired) electrons. The Morgan fingerprint density at radius 2 is 2.55 bits per heavy atom. The summed E-state index contributed by atoms with van der Waals surface area (Å²) in [6.07, 6.45) is 0.252. The van der Waals surface area contributed by atoms with E-state index in [4.69, 9.17) is 0 Å². The van der Waals surface area contributed by atoms with E-state index >= 15 is 0 Å². The minimum atomic E-state index is -0.286.